The second-order valence-corrected chi connectivity index (χ2v) is 6.69. The number of sulfonamides is 1. The number of nitrogens with one attached hydrogen (secondary N) is 2. The van der Waals surface area contributed by atoms with E-state index in [2.05, 4.69) is 17.0 Å². The van der Waals surface area contributed by atoms with Gasteiger partial charge in [0.15, 0.2) is 0 Å². The van der Waals surface area contributed by atoms with E-state index in [1.807, 2.05) is 12.1 Å². The molecule has 0 aliphatic rings. The van der Waals surface area contributed by atoms with E-state index in [1.165, 1.54) is 0 Å². The van der Waals surface area contributed by atoms with Crippen molar-refractivity contribution in [1.82, 2.24) is 10.0 Å². The molecule has 21 heavy (non-hydrogen) atoms. The molecule has 0 bridgehead atoms. The zero-order valence-corrected chi connectivity index (χ0v) is 13.7. The molecule has 120 valence electrons. The molecular weight excluding hydrogens is 288 g/mol. The van der Waals surface area contributed by atoms with Gasteiger partial charge in [-0.2, -0.15) is 0 Å². The second kappa shape index (κ2) is 9.89. The van der Waals surface area contributed by atoms with Gasteiger partial charge in [0, 0.05) is 26.8 Å². The van der Waals surface area contributed by atoms with E-state index < -0.39 is 10.0 Å². The van der Waals surface area contributed by atoms with Crippen LogP contribution in [0.25, 0.3) is 0 Å². The van der Waals surface area contributed by atoms with Gasteiger partial charge in [0.2, 0.25) is 10.0 Å². The first-order valence-electron chi connectivity index (χ1n) is 7.38. The van der Waals surface area contributed by atoms with E-state index >= 15 is 0 Å². The normalized spacial score (nSPS) is 11.7. The SMILES string of the molecule is CCCNCc1ccc(S(=O)(=O)NCCCCOC)cc1. The lowest BCUT2D eigenvalue weighted by Gasteiger charge is -2.08. The topological polar surface area (TPSA) is 67.4 Å². The maximum absolute atomic E-state index is 12.1. The lowest BCUT2D eigenvalue weighted by molar-refractivity contribution is 0.193. The Labute approximate surface area is 128 Å². The van der Waals surface area contributed by atoms with Crippen molar-refractivity contribution in [1.29, 1.82) is 0 Å². The molecule has 0 radical (unpaired) electrons. The van der Waals surface area contributed by atoms with E-state index in [1.54, 1.807) is 19.2 Å². The van der Waals surface area contributed by atoms with Crippen LogP contribution in [-0.2, 0) is 21.3 Å². The quantitative estimate of drug-likeness (QED) is 0.612. The molecule has 0 aromatic heterocycles. The summed E-state index contributed by atoms with van der Waals surface area (Å²) in [7, 11) is -1.76. The largest absolute Gasteiger partial charge is 0.385 e. The molecule has 1 aromatic carbocycles. The molecular formula is C15H26N2O3S. The predicted molar refractivity (Wildman–Crippen MR) is 84.7 cm³/mol. The van der Waals surface area contributed by atoms with Gasteiger partial charge in [-0.1, -0.05) is 19.1 Å². The zero-order valence-electron chi connectivity index (χ0n) is 12.9. The van der Waals surface area contributed by atoms with Crippen molar-refractivity contribution < 1.29 is 13.2 Å². The number of ether oxygens (including phenoxy) is 1. The summed E-state index contributed by atoms with van der Waals surface area (Å²) < 4.78 is 31.7. The number of hydrogen-bond acceptors (Lipinski definition) is 4. The van der Waals surface area contributed by atoms with Crippen molar-refractivity contribution >= 4 is 10.0 Å². The van der Waals surface area contributed by atoms with E-state index in [0.717, 1.165) is 37.9 Å². The Balaban J connectivity index is 2.47. The summed E-state index contributed by atoms with van der Waals surface area (Å²) in [4.78, 5) is 0.313. The summed E-state index contributed by atoms with van der Waals surface area (Å²) in [5.41, 5.74) is 1.09. The van der Waals surface area contributed by atoms with Crippen LogP contribution in [0, 0.1) is 0 Å². The minimum Gasteiger partial charge on any atom is -0.385 e. The molecule has 2 N–H and O–H groups in total. The molecule has 0 spiro atoms. The van der Waals surface area contributed by atoms with Crippen molar-refractivity contribution in [2.24, 2.45) is 0 Å². The highest BCUT2D eigenvalue weighted by atomic mass is 32.2. The summed E-state index contributed by atoms with van der Waals surface area (Å²) in [5, 5.41) is 3.29. The fourth-order valence-electron chi connectivity index (χ4n) is 1.86. The molecule has 1 aromatic rings. The summed E-state index contributed by atoms with van der Waals surface area (Å²) in [6, 6.07) is 7.01. The molecule has 0 aliphatic heterocycles. The molecule has 0 fully saturated rings. The number of unbranched alkanes of at least 4 members (excludes halogenated alkanes) is 1. The smallest absolute Gasteiger partial charge is 0.240 e. The molecule has 0 saturated heterocycles. The van der Waals surface area contributed by atoms with Crippen molar-refractivity contribution in [3.63, 3.8) is 0 Å². The lowest BCUT2D eigenvalue weighted by Crippen LogP contribution is -2.25. The first-order valence-corrected chi connectivity index (χ1v) is 8.86. The van der Waals surface area contributed by atoms with Crippen LogP contribution in [0.1, 0.15) is 31.7 Å². The Morgan fingerprint density at radius 1 is 1.10 bits per heavy atom. The van der Waals surface area contributed by atoms with Crippen LogP contribution in [0.3, 0.4) is 0 Å². The molecule has 5 nitrogen and oxygen atoms in total. The summed E-state index contributed by atoms with van der Waals surface area (Å²) in [5.74, 6) is 0. The van der Waals surface area contributed by atoms with Crippen LogP contribution in [0.4, 0.5) is 0 Å². The maximum Gasteiger partial charge on any atom is 0.240 e. The third-order valence-corrected chi connectivity index (χ3v) is 4.53. The van der Waals surface area contributed by atoms with E-state index in [-0.39, 0.29) is 0 Å². The zero-order chi connectivity index (χ0) is 15.6. The second-order valence-electron chi connectivity index (χ2n) is 4.92. The highest BCUT2D eigenvalue weighted by Crippen LogP contribution is 2.10. The van der Waals surface area contributed by atoms with Gasteiger partial charge >= 0.3 is 0 Å². The van der Waals surface area contributed by atoms with Crippen LogP contribution >= 0.6 is 0 Å². The number of rotatable bonds is 11. The minimum absolute atomic E-state index is 0.313. The van der Waals surface area contributed by atoms with Gasteiger partial charge in [0.1, 0.15) is 0 Å². The van der Waals surface area contributed by atoms with Crippen LogP contribution in [-0.4, -0.2) is 35.2 Å². The minimum atomic E-state index is -3.40. The van der Waals surface area contributed by atoms with Gasteiger partial charge in [-0.25, -0.2) is 13.1 Å². The molecule has 0 saturated carbocycles. The summed E-state index contributed by atoms with van der Waals surface area (Å²) >= 11 is 0. The predicted octanol–water partition coefficient (Wildman–Crippen LogP) is 1.89. The van der Waals surface area contributed by atoms with Crippen molar-refractivity contribution in [2.75, 3.05) is 26.8 Å². The molecule has 1 rings (SSSR count). The van der Waals surface area contributed by atoms with Crippen molar-refractivity contribution in [2.45, 2.75) is 37.6 Å². The molecule has 6 heteroatoms. The maximum atomic E-state index is 12.1. The number of hydrogen-bond donors (Lipinski definition) is 2. The van der Waals surface area contributed by atoms with Gasteiger partial charge in [-0.3, -0.25) is 0 Å². The summed E-state index contributed by atoms with van der Waals surface area (Å²) in [6.07, 6.45) is 2.70. The van der Waals surface area contributed by atoms with E-state index in [0.29, 0.717) is 18.0 Å². The monoisotopic (exact) mass is 314 g/mol. The van der Waals surface area contributed by atoms with Gasteiger partial charge in [-0.15, -0.1) is 0 Å². The highest BCUT2D eigenvalue weighted by molar-refractivity contribution is 7.89. The highest BCUT2D eigenvalue weighted by Gasteiger charge is 2.12. The van der Waals surface area contributed by atoms with Gasteiger partial charge in [-0.05, 0) is 43.5 Å². The first-order chi connectivity index (χ1) is 10.1. The Morgan fingerprint density at radius 3 is 2.43 bits per heavy atom. The molecule has 0 heterocycles. The third-order valence-electron chi connectivity index (χ3n) is 3.06. The average Bonchev–Trinajstić information content (AvgIpc) is 2.48. The van der Waals surface area contributed by atoms with E-state index in [4.69, 9.17) is 4.74 Å². The molecule has 0 aliphatic carbocycles. The molecule has 0 amide bonds. The van der Waals surface area contributed by atoms with Gasteiger partial charge < -0.3 is 10.1 Å². The molecule has 0 unspecified atom stereocenters. The third kappa shape index (κ3) is 7.04. The van der Waals surface area contributed by atoms with Crippen molar-refractivity contribution in [3.8, 4) is 0 Å². The Bertz CT molecular complexity index is 486. The number of methoxy groups -OCH3 is 1. The van der Waals surface area contributed by atoms with Crippen LogP contribution < -0.4 is 10.0 Å². The van der Waals surface area contributed by atoms with Crippen LogP contribution in [0.15, 0.2) is 29.2 Å². The Morgan fingerprint density at radius 2 is 1.81 bits per heavy atom. The van der Waals surface area contributed by atoms with E-state index in [9.17, 15) is 8.42 Å². The summed E-state index contributed by atoms with van der Waals surface area (Å²) in [6.45, 7) is 4.93. The number of benzene rings is 1. The Kier molecular flexibility index (Phi) is 8.52. The first kappa shape index (κ1) is 18.1. The molecule has 0 atom stereocenters. The average molecular weight is 314 g/mol. The van der Waals surface area contributed by atoms with Crippen LogP contribution in [0.5, 0.6) is 0 Å². The Hall–Kier alpha value is -0.950. The standard InChI is InChI=1S/C15H26N2O3S/c1-3-10-16-13-14-6-8-15(9-7-14)21(18,19)17-11-4-5-12-20-2/h6-9,16-17H,3-5,10-13H2,1-2H3. The fourth-order valence-corrected chi connectivity index (χ4v) is 2.93. The van der Waals surface area contributed by atoms with Gasteiger partial charge in [0.05, 0.1) is 4.90 Å². The van der Waals surface area contributed by atoms with Gasteiger partial charge in [0.25, 0.3) is 0 Å². The van der Waals surface area contributed by atoms with Crippen molar-refractivity contribution in [3.05, 3.63) is 29.8 Å². The fraction of sp³-hybridized carbons (Fsp3) is 0.600. The van der Waals surface area contributed by atoms with Crippen LogP contribution in [0.2, 0.25) is 0 Å². The lowest BCUT2D eigenvalue weighted by atomic mass is 10.2.